The molecule has 1 atom stereocenters. The zero-order chi connectivity index (χ0) is 19.8. The molecule has 1 fully saturated rings. The SMILES string of the molecule is COc1cccc(NC(=O)NC[C@@H](c2ccsc2)N2CCCCCC2)c1OC. The van der Waals surface area contributed by atoms with Crippen molar-refractivity contribution in [1.29, 1.82) is 0 Å². The molecule has 1 aromatic carbocycles. The highest BCUT2D eigenvalue weighted by Gasteiger charge is 2.23. The standard InChI is InChI=1S/C21H29N3O3S/c1-26-19-9-7-8-17(20(19)27-2)23-21(25)22-14-18(16-10-13-28-15-16)24-11-5-3-4-6-12-24/h7-10,13,15,18H,3-6,11-12,14H2,1-2H3,(H2,22,23,25)/t18-/m0/s1. The fourth-order valence-corrected chi connectivity index (χ4v) is 4.38. The molecular weight excluding hydrogens is 374 g/mol. The number of hydrogen-bond acceptors (Lipinski definition) is 5. The van der Waals surface area contributed by atoms with Crippen LogP contribution in [0.2, 0.25) is 0 Å². The van der Waals surface area contributed by atoms with E-state index in [1.54, 1.807) is 37.7 Å². The molecule has 0 bridgehead atoms. The molecule has 2 heterocycles. The second-order valence-electron chi connectivity index (χ2n) is 6.90. The number of carbonyl (C=O) groups is 1. The number of nitrogens with zero attached hydrogens (tertiary/aromatic N) is 1. The molecule has 0 unspecified atom stereocenters. The van der Waals surface area contributed by atoms with Gasteiger partial charge in [0.05, 0.1) is 25.9 Å². The van der Waals surface area contributed by atoms with Crippen molar-refractivity contribution < 1.29 is 14.3 Å². The molecule has 2 amide bonds. The number of hydrogen-bond donors (Lipinski definition) is 2. The number of methoxy groups -OCH3 is 2. The lowest BCUT2D eigenvalue weighted by molar-refractivity contribution is 0.199. The Morgan fingerprint density at radius 3 is 2.57 bits per heavy atom. The van der Waals surface area contributed by atoms with Gasteiger partial charge in [-0.3, -0.25) is 4.90 Å². The van der Waals surface area contributed by atoms with Gasteiger partial charge in [0.2, 0.25) is 0 Å². The van der Waals surface area contributed by atoms with Crippen molar-refractivity contribution in [3.05, 3.63) is 40.6 Å². The second-order valence-corrected chi connectivity index (χ2v) is 7.68. The van der Waals surface area contributed by atoms with Crippen molar-refractivity contribution in [3.8, 4) is 11.5 Å². The van der Waals surface area contributed by atoms with E-state index >= 15 is 0 Å². The first-order chi connectivity index (χ1) is 13.7. The van der Waals surface area contributed by atoms with E-state index < -0.39 is 0 Å². The minimum atomic E-state index is -0.249. The van der Waals surface area contributed by atoms with Crippen molar-refractivity contribution in [2.75, 3.05) is 39.2 Å². The fourth-order valence-electron chi connectivity index (χ4n) is 3.67. The molecule has 3 rings (SSSR count). The molecule has 0 radical (unpaired) electrons. The number of carbonyl (C=O) groups excluding carboxylic acids is 1. The zero-order valence-electron chi connectivity index (χ0n) is 16.6. The maximum absolute atomic E-state index is 12.6. The first-order valence-electron chi connectivity index (χ1n) is 9.75. The number of likely N-dealkylation sites (tertiary alicyclic amines) is 1. The van der Waals surface area contributed by atoms with Crippen molar-refractivity contribution in [2.24, 2.45) is 0 Å². The van der Waals surface area contributed by atoms with Crippen LogP contribution in [0.3, 0.4) is 0 Å². The summed E-state index contributed by atoms with van der Waals surface area (Å²) in [5, 5.41) is 10.2. The Morgan fingerprint density at radius 2 is 1.93 bits per heavy atom. The van der Waals surface area contributed by atoms with Crippen LogP contribution in [0.4, 0.5) is 10.5 Å². The summed E-state index contributed by atoms with van der Waals surface area (Å²) in [5.41, 5.74) is 1.85. The number of benzene rings is 1. The molecule has 2 aromatic rings. The number of urea groups is 1. The average Bonchev–Trinajstić information content (AvgIpc) is 3.10. The number of rotatable bonds is 7. The molecule has 1 aliphatic heterocycles. The van der Waals surface area contributed by atoms with Crippen LogP contribution < -0.4 is 20.1 Å². The van der Waals surface area contributed by atoms with Gasteiger partial charge in [-0.05, 0) is 60.5 Å². The van der Waals surface area contributed by atoms with E-state index in [1.165, 1.54) is 31.2 Å². The van der Waals surface area contributed by atoms with E-state index in [-0.39, 0.29) is 12.1 Å². The molecule has 0 spiro atoms. The van der Waals surface area contributed by atoms with Gasteiger partial charge < -0.3 is 20.1 Å². The third kappa shape index (κ3) is 5.17. The lowest BCUT2D eigenvalue weighted by atomic mass is 10.1. The molecule has 1 aliphatic rings. The second kappa shape index (κ2) is 10.3. The van der Waals surface area contributed by atoms with Crippen LogP contribution in [0, 0.1) is 0 Å². The number of nitrogens with one attached hydrogen (secondary N) is 2. The summed E-state index contributed by atoms with van der Waals surface area (Å²) in [6.45, 7) is 2.72. The van der Waals surface area contributed by atoms with Crippen molar-refractivity contribution in [2.45, 2.75) is 31.7 Å². The molecule has 0 saturated carbocycles. The predicted molar refractivity (Wildman–Crippen MR) is 114 cm³/mol. The number of ether oxygens (including phenoxy) is 2. The van der Waals surface area contributed by atoms with Gasteiger partial charge in [0.1, 0.15) is 0 Å². The monoisotopic (exact) mass is 403 g/mol. The molecule has 152 valence electrons. The van der Waals surface area contributed by atoms with Crippen molar-refractivity contribution in [3.63, 3.8) is 0 Å². The molecule has 6 nitrogen and oxygen atoms in total. The van der Waals surface area contributed by atoms with E-state index in [4.69, 9.17) is 9.47 Å². The summed E-state index contributed by atoms with van der Waals surface area (Å²) in [6.07, 6.45) is 5.01. The number of thiophene rings is 1. The number of anilines is 1. The van der Waals surface area contributed by atoms with Crippen LogP contribution >= 0.6 is 11.3 Å². The van der Waals surface area contributed by atoms with Crippen LogP contribution in [-0.2, 0) is 0 Å². The highest BCUT2D eigenvalue weighted by molar-refractivity contribution is 7.07. The summed E-state index contributed by atoms with van der Waals surface area (Å²) in [6, 6.07) is 7.52. The minimum absolute atomic E-state index is 0.197. The molecule has 1 aromatic heterocycles. The van der Waals surface area contributed by atoms with Crippen LogP contribution in [0.5, 0.6) is 11.5 Å². The first-order valence-corrected chi connectivity index (χ1v) is 10.7. The first kappa shape index (κ1) is 20.5. The van der Waals surface area contributed by atoms with E-state index in [0.29, 0.717) is 23.7 Å². The molecular formula is C21H29N3O3S. The summed E-state index contributed by atoms with van der Waals surface area (Å²) >= 11 is 1.70. The Labute approximate surface area is 170 Å². The van der Waals surface area contributed by atoms with Gasteiger partial charge in [0, 0.05) is 6.54 Å². The predicted octanol–water partition coefficient (Wildman–Crippen LogP) is 4.50. The number of para-hydroxylation sites is 1. The largest absolute Gasteiger partial charge is 0.493 e. The lowest BCUT2D eigenvalue weighted by Crippen LogP contribution is -2.40. The molecule has 1 saturated heterocycles. The fraction of sp³-hybridized carbons (Fsp3) is 0.476. The van der Waals surface area contributed by atoms with Gasteiger partial charge in [0.15, 0.2) is 11.5 Å². The lowest BCUT2D eigenvalue weighted by Gasteiger charge is -2.30. The van der Waals surface area contributed by atoms with Crippen LogP contribution in [0.25, 0.3) is 0 Å². The minimum Gasteiger partial charge on any atom is -0.493 e. The Balaban J connectivity index is 1.65. The molecule has 28 heavy (non-hydrogen) atoms. The Kier molecular flexibility index (Phi) is 7.56. The average molecular weight is 404 g/mol. The van der Waals surface area contributed by atoms with Gasteiger partial charge in [-0.1, -0.05) is 18.9 Å². The summed E-state index contributed by atoms with van der Waals surface area (Å²) in [5.74, 6) is 1.10. The normalized spacial score (nSPS) is 16.1. The van der Waals surface area contributed by atoms with Gasteiger partial charge >= 0.3 is 6.03 Å². The van der Waals surface area contributed by atoms with Crippen LogP contribution in [-0.4, -0.2) is 44.8 Å². The Hall–Kier alpha value is -2.25. The Bertz CT molecular complexity index is 743. The highest BCUT2D eigenvalue weighted by Crippen LogP contribution is 2.34. The number of amides is 2. The van der Waals surface area contributed by atoms with E-state index in [0.717, 1.165) is 13.1 Å². The maximum Gasteiger partial charge on any atom is 0.319 e. The van der Waals surface area contributed by atoms with Gasteiger partial charge in [-0.2, -0.15) is 11.3 Å². The van der Waals surface area contributed by atoms with E-state index in [9.17, 15) is 4.79 Å². The van der Waals surface area contributed by atoms with Gasteiger partial charge in [0.25, 0.3) is 0 Å². The third-order valence-corrected chi connectivity index (χ3v) is 5.82. The van der Waals surface area contributed by atoms with Crippen molar-refractivity contribution in [1.82, 2.24) is 10.2 Å². The van der Waals surface area contributed by atoms with Crippen LogP contribution in [0.1, 0.15) is 37.3 Å². The van der Waals surface area contributed by atoms with Gasteiger partial charge in [-0.25, -0.2) is 4.79 Å². The molecule has 7 heteroatoms. The van der Waals surface area contributed by atoms with E-state index in [2.05, 4.69) is 32.4 Å². The van der Waals surface area contributed by atoms with E-state index in [1.807, 2.05) is 6.07 Å². The summed E-state index contributed by atoms with van der Waals surface area (Å²) < 4.78 is 10.7. The summed E-state index contributed by atoms with van der Waals surface area (Å²) in [4.78, 5) is 15.1. The molecule has 2 N–H and O–H groups in total. The smallest absolute Gasteiger partial charge is 0.319 e. The topological polar surface area (TPSA) is 62.8 Å². The zero-order valence-corrected chi connectivity index (χ0v) is 17.4. The molecule has 0 aliphatic carbocycles. The van der Waals surface area contributed by atoms with Crippen molar-refractivity contribution >= 4 is 23.1 Å². The summed E-state index contributed by atoms with van der Waals surface area (Å²) in [7, 11) is 3.14. The third-order valence-electron chi connectivity index (χ3n) is 5.12. The quantitative estimate of drug-likeness (QED) is 0.714. The highest BCUT2D eigenvalue weighted by atomic mass is 32.1. The maximum atomic E-state index is 12.6. The van der Waals surface area contributed by atoms with Gasteiger partial charge in [-0.15, -0.1) is 0 Å². The van der Waals surface area contributed by atoms with Crippen LogP contribution in [0.15, 0.2) is 35.0 Å². The Morgan fingerprint density at radius 1 is 1.14 bits per heavy atom.